The van der Waals surface area contributed by atoms with Gasteiger partial charge in [-0.1, -0.05) is 6.07 Å². The van der Waals surface area contributed by atoms with E-state index in [1.807, 2.05) is 5.38 Å². The number of nitrogens with one attached hydrogen (secondary N) is 1. The van der Waals surface area contributed by atoms with Crippen LogP contribution >= 0.6 is 11.3 Å². The van der Waals surface area contributed by atoms with Gasteiger partial charge in [0.05, 0.1) is 11.4 Å². The van der Waals surface area contributed by atoms with Crippen molar-refractivity contribution < 1.29 is 14.3 Å². The van der Waals surface area contributed by atoms with Crippen LogP contribution in [0.2, 0.25) is 0 Å². The van der Waals surface area contributed by atoms with Crippen LogP contribution < -0.4 is 11.1 Å². The molecule has 1 heterocycles. The van der Waals surface area contributed by atoms with Gasteiger partial charge < -0.3 is 15.8 Å². The van der Waals surface area contributed by atoms with Crippen molar-refractivity contribution in [1.29, 1.82) is 0 Å². The topological polar surface area (TPSA) is 81.4 Å². The van der Waals surface area contributed by atoms with Crippen LogP contribution in [0.1, 0.15) is 9.67 Å². The summed E-state index contributed by atoms with van der Waals surface area (Å²) in [4.78, 5) is 22.1. The second-order valence-corrected chi connectivity index (χ2v) is 3.35. The van der Waals surface area contributed by atoms with Crippen LogP contribution in [0.4, 0.5) is 4.79 Å². The van der Waals surface area contributed by atoms with Crippen LogP contribution in [0.3, 0.4) is 0 Å². The molecule has 1 aromatic heterocycles. The van der Waals surface area contributed by atoms with Crippen molar-refractivity contribution in [3.8, 4) is 0 Å². The number of primary amides is 1. The highest BCUT2D eigenvalue weighted by Gasteiger charge is 2.04. The molecule has 2 amide bonds. The van der Waals surface area contributed by atoms with Crippen molar-refractivity contribution in [3.05, 3.63) is 22.4 Å². The Morgan fingerprint density at radius 2 is 2.36 bits per heavy atom. The average molecular weight is 214 g/mol. The van der Waals surface area contributed by atoms with Gasteiger partial charge in [-0.3, -0.25) is 4.79 Å². The summed E-state index contributed by atoms with van der Waals surface area (Å²) < 4.78 is 4.44. The summed E-state index contributed by atoms with van der Waals surface area (Å²) >= 11 is 1.35. The molecule has 3 N–H and O–H groups in total. The fourth-order valence-electron chi connectivity index (χ4n) is 0.811. The molecule has 0 aliphatic heterocycles. The first-order valence-corrected chi connectivity index (χ1v) is 4.82. The van der Waals surface area contributed by atoms with Crippen LogP contribution in [0.5, 0.6) is 0 Å². The molecule has 14 heavy (non-hydrogen) atoms. The molecular weight excluding hydrogens is 204 g/mol. The minimum Gasteiger partial charge on any atom is -0.448 e. The van der Waals surface area contributed by atoms with Crippen LogP contribution in [-0.2, 0) is 4.74 Å². The summed E-state index contributed by atoms with van der Waals surface area (Å²) in [6.07, 6.45) is -0.838. The number of carbonyl (C=O) groups is 2. The molecular formula is C8H10N2O3S. The number of thiophene rings is 1. The Bertz CT molecular complexity index is 310. The van der Waals surface area contributed by atoms with Gasteiger partial charge in [-0.25, -0.2) is 4.79 Å². The first kappa shape index (κ1) is 10.5. The Morgan fingerprint density at radius 3 is 2.93 bits per heavy atom. The number of ether oxygens (including phenoxy) is 1. The van der Waals surface area contributed by atoms with Gasteiger partial charge in [-0.15, -0.1) is 11.3 Å². The Morgan fingerprint density at radius 1 is 1.57 bits per heavy atom. The van der Waals surface area contributed by atoms with Gasteiger partial charge in [0, 0.05) is 0 Å². The fourth-order valence-corrected chi connectivity index (χ4v) is 1.45. The van der Waals surface area contributed by atoms with Gasteiger partial charge in [0.15, 0.2) is 0 Å². The maximum atomic E-state index is 11.3. The smallest absolute Gasteiger partial charge is 0.404 e. The van der Waals surface area contributed by atoms with E-state index in [4.69, 9.17) is 5.73 Å². The molecule has 0 aliphatic rings. The number of hydrogen-bond donors (Lipinski definition) is 2. The number of nitrogens with two attached hydrogens (primary N) is 1. The molecule has 0 saturated heterocycles. The van der Waals surface area contributed by atoms with Crippen LogP contribution in [0, 0.1) is 0 Å². The van der Waals surface area contributed by atoms with Crippen molar-refractivity contribution in [2.45, 2.75) is 0 Å². The Labute approximate surface area is 84.9 Å². The number of carbonyl (C=O) groups excluding carboxylic acids is 2. The lowest BCUT2D eigenvalue weighted by Gasteiger charge is -2.02. The second kappa shape index (κ2) is 5.23. The highest BCUT2D eigenvalue weighted by Crippen LogP contribution is 2.07. The average Bonchev–Trinajstić information content (AvgIpc) is 2.64. The van der Waals surface area contributed by atoms with E-state index in [1.54, 1.807) is 12.1 Å². The predicted molar refractivity (Wildman–Crippen MR) is 52.2 cm³/mol. The van der Waals surface area contributed by atoms with Crippen LogP contribution in [0.15, 0.2) is 17.5 Å². The zero-order chi connectivity index (χ0) is 10.4. The molecule has 1 aromatic rings. The maximum absolute atomic E-state index is 11.3. The molecule has 0 bridgehead atoms. The third-order valence-electron chi connectivity index (χ3n) is 1.38. The van der Waals surface area contributed by atoms with Gasteiger partial charge in [0.25, 0.3) is 5.91 Å². The Balaban J connectivity index is 2.19. The Kier molecular flexibility index (Phi) is 3.93. The molecule has 5 nitrogen and oxygen atoms in total. The molecule has 0 aliphatic carbocycles. The van der Waals surface area contributed by atoms with Gasteiger partial charge in [-0.2, -0.15) is 0 Å². The first-order chi connectivity index (χ1) is 6.70. The minimum atomic E-state index is -0.838. The fraction of sp³-hybridized carbons (Fsp3) is 0.250. The largest absolute Gasteiger partial charge is 0.448 e. The van der Waals surface area contributed by atoms with Crippen molar-refractivity contribution in [1.82, 2.24) is 5.32 Å². The SMILES string of the molecule is NC(=O)OCCNC(=O)c1cccs1. The lowest BCUT2D eigenvalue weighted by atomic mass is 10.4. The first-order valence-electron chi connectivity index (χ1n) is 3.94. The van der Waals surface area contributed by atoms with E-state index >= 15 is 0 Å². The van der Waals surface area contributed by atoms with Crippen LogP contribution in [0.25, 0.3) is 0 Å². The summed E-state index contributed by atoms with van der Waals surface area (Å²) in [5.41, 5.74) is 4.73. The van der Waals surface area contributed by atoms with E-state index in [1.165, 1.54) is 11.3 Å². The number of hydrogen-bond acceptors (Lipinski definition) is 4. The summed E-state index contributed by atoms with van der Waals surface area (Å²) in [7, 11) is 0. The molecule has 1 rings (SSSR count). The quantitative estimate of drug-likeness (QED) is 0.719. The van der Waals surface area contributed by atoms with Crippen molar-refractivity contribution in [2.24, 2.45) is 5.73 Å². The molecule has 6 heteroatoms. The number of rotatable bonds is 4. The molecule has 0 aromatic carbocycles. The predicted octanol–water partition coefficient (Wildman–Crippen LogP) is 0.573. The highest BCUT2D eigenvalue weighted by molar-refractivity contribution is 7.12. The van der Waals surface area contributed by atoms with Gasteiger partial charge in [0.1, 0.15) is 6.61 Å². The lowest BCUT2D eigenvalue weighted by molar-refractivity contribution is 0.0941. The van der Waals surface area contributed by atoms with Gasteiger partial charge in [-0.05, 0) is 11.4 Å². The standard InChI is InChI=1S/C8H10N2O3S/c9-8(12)13-4-3-10-7(11)6-2-1-5-14-6/h1-2,5H,3-4H2,(H2,9,12)(H,10,11). The number of amides is 2. The van der Waals surface area contributed by atoms with E-state index in [0.717, 1.165) is 0 Å². The summed E-state index contributed by atoms with van der Waals surface area (Å²) in [5.74, 6) is -0.173. The zero-order valence-corrected chi connectivity index (χ0v) is 8.17. The summed E-state index contributed by atoms with van der Waals surface area (Å²) in [5, 5.41) is 4.39. The molecule has 0 atom stereocenters. The lowest BCUT2D eigenvalue weighted by Crippen LogP contribution is -2.28. The van der Waals surface area contributed by atoms with Crippen LogP contribution in [-0.4, -0.2) is 25.2 Å². The van der Waals surface area contributed by atoms with Crippen molar-refractivity contribution in [3.63, 3.8) is 0 Å². The van der Waals surface area contributed by atoms with E-state index in [2.05, 4.69) is 10.1 Å². The van der Waals surface area contributed by atoms with Crippen molar-refractivity contribution >= 4 is 23.3 Å². The molecule has 0 saturated carbocycles. The third-order valence-corrected chi connectivity index (χ3v) is 2.25. The highest BCUT2D eigenvalue weighted by atomic mass is 32.1. The summed E-state index contributed by atoms with van der Waals surface area (Å²) in [6, 6.07) is 3.51. The second-order valence-electron chi connectivity index (χ2n) is 2.40. The molecule has 0 fully saturated rings. The maximum Gasteiger partial charge on any atom is 0.404 e. The van der Waals surface area contributed by atoms with Crippen molar-refractivity contribution in [2.75, 3.05) is 13.2 Å². The van der Waals surface area contributed by atoms with E-state index < -0.39 is 6.09 Å². The Hall–Kier alpha value is -1.56. The normalized spacial score (nSPS) is 9.43. The van der Waals surface area contributed by atoms with E-state index in [9.17, 15) is 9.59 Å². The molecule has 0 unspecified atom stereocenters. The zero-order valence-electron chi connectivity index (χ0n) is 7.36. The van der Waals surface area contributed by atoms with Gasteiger partial charge in [0.2, 0.25) is 0 Å². The summed E-state index contributed by atoms with van der Waals surface area (Å²) in [6.45, 7) is 0.353. The molecule has 0 spiro atoms. The monoisotopic (exact) mass is 214 g/mol. The molecule has 0 radical (unpaired) electrons. The minimum absolute atomic E-state index is 0.0897. The molecule has 76 valence electrons. The van der Waals surface area contributed by atoms with E-state index in [-0.39, 0.29) is 19.1 Å². The van der Waals surface area contributed by atoms with Gasteiger partial charge >= 0.3 is 6.09 Å². The van der Waals surface area contributed by atoms with E-state index in [0.29, 0.717) is 4.88 Å². The third kappa shape index (κ3) is 3.44.